The van der Waals surface area contributed by atoms with Crippen molar-refractivity contribution < 1.29 is 4.92 Å². The molecular formula is C17H20ClN5O2. The van der Waals surface area contributed by atoms with E-state index in [0.29, 0.717) is 5.02 Å². The van der Waals surface area contributed by atoms with Gasteiger partial charge < -0.3 is 10.2 Å². The minimum absolute atomic E-state index is 0.000120. The number of aryl methyl sites for hydroxylation is 2. The minimum atomic E-state index is -0.445. The number of anilines is 2. The topological polar surface area (TPSA) is 84.2 Å². The van der Waals surface area contributed by atoms with Gasteiger partial charge in [0.1, 0.15) is 11.6 Å². The van der Waals surface area contributed by atoms with Crippen LogP contribution in [0.15, 0.2) is 24.3 Å². The SMILES string of the molecule is Cc1cc(N2CCC(Nc3ccc([N+](=O)[O-])cc3Cl)CC2)nc(C)n1. The van der Waals surface area contributed by atoms with Crippen molar-refractivity contribution in [1.82, 2.24) is 9.97 Å². The molecule has 0 saturated carbocycles. The standard InChI is InChI=1S/C17H20ClN5O2/c1-11-9-17(20-12(2)19-11)22-7-5-13(6-8-22)21-16-4-3-14(23(24)25)10-15(16)18/h3-4,9-10,13,21H,5-8H2,1-2H3. The molecule has 0 unspecified atom stereocenters. The van der Waals surface area contributed by atoms with Crippen molar-refractivity contribution in [2.24, 2.45) is 0 Å². The first-order valence-corrected chi connectivity index (χ1v) is 8.58. The van der Waals surface area contributed by atoms with Crippen LogP contribution in [0.3, 0.4) is 0 Å². The highest BCUT2D eigenvalue weighted by molar-refractivity contribution is 6.33. The van der Waals surface area contributed by atoms with Gasteiger partial charge in [0.15, 0.2) is 0 Å². The van der Waals surface area contributed by atoms with Gasteiger partial charge in [-0.05, 0) is 32.8 Å². The number of halogens is 1. The fraction of sp³-hybridized carbons (Fsp3) is 0.412. The third-order valence-corrected chi connectivity index (χ3v) is 4.61. The minimum Gasteiger partial charge on any atom is -0.381 e. The van der Waals surface area contributed by atoms with E-state index in [-0.39, 0.29) is 11.7 Å². The smallest absolute Gasteiger partial charge is 0.271 e. The highest BCUT2D eigenvalue weighted by atomic mass is 35.5. The molecule has 7 nitrogen and oxygen atoms in total. The molecular weight excluding hydrogens is 342 g/mol. The molecule has 1 aromatic heterocycles. The Kier molecular flexibility index (Phi) is 5.03. The lowest BCUT2D eigenvalue weighted by Crippen LogP contribution is -2.39. The van der Waals surface area contributed by atoms with Crippen LogP contribution >= 0.6 is 11.6 Å². The van der Waals surface area contributed by atoms with Gasteiger partial charge in [0.2, 0.25) is 0 Å². The van der Waals surface area contributed by atoms with Crippen LogP contribution < -0.4 is 10.2 Å². The summed E-state index contributed by atoms with van der Waals surface area (Å²) in [6.45, 7) is 5.65. The molecule has 1 fully saturated rings. The summed E-state index contributed by atoms with van der Waals surface area (Å²) in [5.74, 6) is 1.75. The van der Waals surface area contributed by atoms with Gasteiger partial charge in [0.05, 0.1) is 15.6 Å². The van der Waals surface area contributed by atoms with Crippen molar-refractivity contribution in [3.63, 3.8) is 0 Å². The largest absolute Gasteiger partial charge is 0.381 e. The van der Waals surface area contributed by atoms with E-state index < -0.39 is 4.92 Å². The van der Waals surface area contributed by atoms with Gasteiger partial charge in [-0.1, -0.05) is 11.6 Å². The number of nitrogens with zero attached hydrogens (tertiary/aromatic N) is 4. The van der Waals surface area contributed by atoms with E-state index in [9.17, 15) is 10.1 Å². The Morgan fingerprint density at radius 1 is 1.24 bits per heavy atom. The van der Waals surface area contributed by atoms with Crippen molar-refractivity contribution >= 4 is 28.8 Å². The number of hydrogen-bond donors (Lipinski definition) is 1. The van der Waals surface area contributed by atoms with Crippen molar-refractivity contribution in [3.8, 4) is 0 Å². The molecule has 1 aliphatic heterocycles. The number of rotatable bonds is 4. The van der Waals surface area contributed by atoms with Gasteiger partial charge in [-0.3, -0.25) is 10.1 Å². The van der Waals surface area contributed by atoms with Crippen LogP contribution in [0.2, 0.25) is 5.02 Å². The number of non-ortho nitro benzene ring substituents is 1. The van der Waals surface area contributed by atoms with Crippen LogP contribution in [0.4, 0.5) is 17.2 Å². The van der Waals surface area contributed by atoms with Crippen LogP contribution in [0, 0.1) is 24.0 Å². The molecule has 132 valence electrons. The van der Waals surface area contributed by atoms with E-state index in [1.54, 1.807) is 6.07 Å². The molecule has 25 heavy (non-hydrogen) atoms. The summed E-state index contributed by atoms with van der Waals surface area (Å²) >= 11 is 6.16. The van der Waals surface area contributed by atoms with Crippen molar-refractivity contribution in [1.29, 1.82) is 0 Å². The first-order valence-electron chi connectivity index (χ1n) is 8.20. The Balaban J connectivity index is 1.62. The van der Waals surface area contributed by atoms with E-state index in [1.807, 2.05) is 19.9 Å². The molecule has 1 N–H and O–H groups in total. The Bertz CT molecular complexity index is 770. The highest BCUT2D eigenvalue weighted by Crippen LogP contribution is 2.29. The fourth-order valence-corrected chi connectivity index (χ4v) is 3.30. The summed E-state index contributed by atoms with van der Waals surface area (Å²) in [4.78, 5) is 21.4. The Hall–Kier alpha value is -2.41. The predicted octanol–water partition coefficient (Wildman–Crippen LogP) is 3.74. The molecule has 1 aliphatic rings. The molecule has 0 amide bonds. The van der Waals surface area contributed by atoms with Crippen LogP contribution in [0.5, 0.6) is 0 Å². The van der Waals surface area contributed by atoms with E-state index in [4.69, 9.17) is 11.6 Å². The van der Waals surface area contributed by atoms with Gasteiger partial charge in [-0.25, -0.2) is 9.97 Å². The van der Waals surface area contributed by atoms with Gasteiger partial charge in [-0.15, -0.1) is 0 Å². The molecule has 0 atom stereocenters. The molecule has 2 aromatic rings. The first-order chi connectivity index (χ1) is 11.9. The van der Waals surface area contributed by atoms with Gasteiger partial charge in [0, 0.05) is 43.0 Å². The number of piperidine rings is 1. The number of aromatic nitrogens is 2. The van der Waals surface area contributed by atoms with E-state index >= 15 is 0 Å². The van der Waals surface area contributed by atoms with Crippen molar-refractivity contribution in [3.05, 3.63) is 50.9 Å². The maximum absolute atomic E-state index is 10.8. The Morgan fingerprint density at radius 2 is 1.96 bits per heavy atom. The maximum Gasteiger partial charge on any atom is 0.271 e. The fourth-order valence-electron chi connectivity index (χ4n) is 3.07. The second-order valence-electron chi connectivity index (χ2n) is 6.24. The summed E-state index contributed by atoms with van der Waals surface area (Å²) in [6, 6.07) is 6.80. The Morgan fingerprint density at radius 3 is 2.56 bits per heavy atom. The van der Waals surface area contributed by atoms with E-state index in [0.717, 1.165) is 49.0 Å². The average molecular weight is 362 g/mol. The van der Waals surface area contributed by atoms with Crippen molar-refractivity contribution in [2.75, 3.05) is 23.3 Å². The number of hydrogen-bond acceptors (Lipinski definition) is 6. The monoisotopic (exact) mass is 361 g/mol. The summed E-state index contributed by atoms with van der Waals surface area (Å²) < 4.78 is 0. The molecule has 0 spiro atoms. The third-order valence-electron chi connectivity index (χ3n) is 4.29. The van der Waals surface area contributed by atoms with E-state index in [1.165, 1.54) is 12.1 Å². The predicted molar refractivity (Wildman–Crippen MR) is 98.5 cm³/mol. The average Bonchev–Trinajstić information content (AvgIpc) is 2.56. The lowest BCUT2D eigenvalue weighted by molar-refractivity contribution is -0.384. The molecule has 3 rings (SSSR count). The molecule has 0 bridgehead atoms. The zero-order valence-electron chi connectivity index (χ0n) is 14.2. The highest BCUT2D eigenvalue weighted by Gasteiger charge is 2.21. The van der Waals surface area contributed by atoms with Gasteiger partial charge in [-0.2, -0.15) is 0 Å². The first kappa shape index (κ1) is 17.4. The number of benzene rings is 1. The number of nitrogens with one attached hydrogen (secondary N) is 1. The summed E-state index contributed by atoms with van der Waals surface area (Å²) in [7, 11) is 0. The Labute approximate surface area is 151 Å². The van der Waals surface area contributed by atoms with Crippen LogP contribution in [0.1, 0.15) is 24.4 Å². The molecule has 2 heterocycles. The van der Waals surface area contributed by atoms with Gasteiger partial charge >= 0.3 is 0 Å². The quantitative estimate of drug-likeness (QED) is 0.659. The summed E-state index contributed by atoms with van der Waals surface area (Å²) in [5.41, 5.74) is 1.71. The van der Waals surface area contributed by atoms with Crippen molar-refractivity contribution in [2.45, 2.75) is 32.7 Å². The number of nitro groups is 1. The molecule has 8 heteroatoms. The van der Waals surface area contributed by atoms with Crippen LogP contribution in [0.25, 0.3) is 0 Å². The lowest BCUT2D eigenvalue weighted by atomic mass is 10.0. The number of nitro benzene ring substituents is 1. The molecule has 1 aromatic carbocycles. The molecule has 0 radical (unpaired) electrons. The lowest BCUT2D eigenvalue weighted by Gasteiger charge is -2.34. The molecule has 0 aliphatic carbocycles. The van der Waals surface area contributed by atoms with E-state index in [2.05, 4.69) is 20.2 Å². The zero-order valence-corrected chi connectivity index (χ0v) is 15.0. The maximum atomic E-state index is 10.8. The zero-order chi connectivity index (χ0) is 18.0. The van der Waals surface area contributed by atoms with Crippen LogP contribution in [-0.4, -0.2) is 34.0 Å². The normalized spacial score (nSPS) is 15.2. The third kappa shape index (κ3) is 4.17. The second kappa shape index (κ2) is 7.23. The summed E-state index contributed by atoms with van der Waals surface area (Å²) in [6.07, 6.45) is 1.88. The summed E-state index contributed by atoms with van der Waals surface area (Å²) in [5, 5.41) is 14.6. The van der Waals surface area contributed by atoms with Crippen LogP contribution in [-0.2, 0) is 0 Å². The van der Waals surface area contributed by atoms with Gasteiger partial charge in [0.25, 0.3) is 5.69 Å². The molecule has 1 saturated heterocycles. The second-order valence-corrected chi connectivity index (χ2v) is 6.65.